The van der Waals surface area contributed by atoms with Crippen molar-refractivity contribution in [2.45, 2.75) is 13.8 Å². The van der Waals surface area contributed by atoms with Crippen LogP contribution in [0.1, 0.15) is 13.8 Å². The molecule has 0 bridgehead atoms. The highest BCUT2D eigenvalue weighted by atomic mass is 35.5. The largest absolute Gasteiger partial charge is 0.488 e. The van der Waals surface area contributed by atoms with Gasteiger partial charge in [0.15, 0.2) is 0 Å². The summed E-state index contributed by atoms with van der Waals surface area (Å²) in [6.45, 7) is 8.19. The molecule has 4 aromatic rings. The summed E-state index contributed by atoms with van der Waals surface area (Å²) >= 11 is 12.7. The number of hydrogen-bond donors (Lipinski definition) is 2. The van der Waals surface area contributed by atoms with Crippen molar-refractivity contribution >= 4 is 45.9 Å². The van der Waals surface area contributed by atoms with Gasteiger partial charge in [0.05, 0.1) is 28.7 Å². The van der Waals surface area contributed by atoms with Crippen LogP contribution in [0.25, 0.3) is 22.2 Å². The summed E-state index contributed by atoms with van der Waals surface area (Å²) < 4.78 is 7.34. The van der Waals surface area contributed by atoms with Gasteiger partial charge in [-0.2, -0.15) is 4.98 Å². The third kappa shape index (κ3) is 5.59. The zero-order valence-electron chi connectivity index (χ0n) is 19.9. The Morgan fingerprint density at radius 2 is 1.74 bits per heavy atom. The summed E-state index contributed by atoms with van der Waals surface area (Å²) in [5.74, 6) is 1.20. The van der Waals surface area contributed by atoms with E-state index in [9.17, 15) is 4.79 Å². The number of pyridine rings is 1. The SMILES string of the molecule is CC[NH+](CC)CCOc1ccc(Nc2ncc3cc(-c4c(Cl)cccc4Cl)c(=O)n(C)c3n2)cc1. The van der Waals surface area contributed by atoms with Crippen molar-refractivity contribution in [2.24, 2.45) is 7.05 Å². The van der Waals surface area contributed by atoms with E-state index in [4.69, 9.17) is 27.9 Å². The molecule has 0 amide bonds. The molecular formula is C26H28Cl2N5O2+. The van der Waals surface area contributed by atoms with Gasteiger partial charge in [-0.1, -0.05) is 29.3 Å². The number of fused-ring (bicyclic) bond motifs is 1. The van der Waals surface area contributed by atoms with Crippen LogP contribution in [0, 0.1) is 0 Å². The molecule has 0 radical (unpaired) electrons. The molecule has 2 aromatic heterocycles. The van der Waals surface area contributed by atoms with E-state index in [0.717, 1.165) is 31.1 Å². The van der Waals surface area contributed by atoms with E-state index < -0.39 is 0 Å². The fourth-order valence-corrected chi connectivity index (χ4v) is 4.52. The average Bonchev–Trinajstić information content (AvgIpc) is 2.86. The van der Waals surface area contributed by atoms with Gasteiger partial charge in [-0.3, -0.25) is 9.36 Å². The van der Waals surface area contributed by atoms with Gasteiger partial charge in [0, 0.05) is 29.9 Å². The predicted molar refractivity (Wildman–Crippen MR) is 142 cm³/mol. The molecule has 2 N–H and O–H groups in total. The number of hydrogen-bond acceptors (Lipinski definition) is 5. The number of quaternary nitrogens is 1. The summed E-state index contributed by atoms with van der Waals surface area (Å²) in [5, 5.41) is 4.71. The minimum atomic E-state index is -0.245. The van der Waals surface area contributed by atoms with Crippen LogP contribution in [0.5, 0.6) is 5.75 Å². The van der Waals surface area contributed by atoms with E-state index in [1.165, 1.54) is 9.47 Å². The topological polar surface area (TPSA) is 73.5 Å². The lowest BCUT2D eigenvalue weighted by Crippen LogP contribution is -3.12. The molecule has 0 saturated heterocycles. The molecule has 182 valence electrons. The molecule has 0 fully saturated rings. The number of likely N-dealkylation sites (N-methyl/N-ethyl adjacent to an activating group) is 1. The summed E-state index contributed by atoms with van der Waals surface area (Å²) in [6.07, 6.45) is 1.67. The second-order valence-electron chi connectivity index (χ2n) is 8.20. The van der Waals surface area contributed by atoms with Crippen molar-refractivity contribution in [2.75, 3.05) is 31.6 Å². The Labute approximate surface area is 214 Å². The number of anilines is 2. The van der Waals surface area contributed by atoms with Crippen molar-refractivity contribution in [3.8, 4) is 16.9 Å². The highest BCUT2D eigenvalue weighted by Crippen LogP contribution is 2.33. The van der Waals surface area contributed by atoms with Crippen molar-refractivity contribution in [3.05, 3.63) is 75.1 Å². The van der Waals surface area contributed by atoms with Gasteiger partial charge in [0.1, 0.15) is 24.5 Å². The molecular weight excluding hydrogens is 485 g/mol. The Balaban J connectivity index is 1.53. The van der Waals surface area contributed by atoms with Crippen LogP contribution in [0.4, 0.5) is 11.6 Å². The third-order valence-electron chi connectivity index (χ3n) is 6.02. The first-order valence-electron chi connectivity index (χ1n) is 11.6. The Bertz CT molecular complexity index is 1370. The number of rotatable bonds is 9. The highest BCUT2D eigenvalue weighted by Gasteiger charge is 2.16. The lowest BCUT2D eigenvalue weighted by atomic mass is 10.1. The number of aryl methyl sites for hydroxylation is 1. The molecule has 7 nitrogen and oxygen atoms in total. The Kier molecular flexibility index (Phi) is 7.90. The van der Waals surface area contributed by atoms with Crippen LogP contribution in [-0.2, 0) is 7.05 Å². The number of aromatic nitrogens is 3. The first kappa shape index (κ1) is 25.0. The first-order valence-corrected chi connectivity index (χ1v) is 12.3. The zero-order chi connectivity index (χ0) is 24.9. The maximum Gasteiger partial charge on any atom is 0.259 e. The lowest BCUT2D eigenvalue weighted by Gasteiger charge is -2.15. The lowest BCUT2D eigenvalue weighted by molar-refractivity contribution is -0.896. The zero-order valence-corrected chi connectivity index (χ0v) is 21.5. The maximum absolute atomic E-state index is 13.1. The van der Waals surface area contributed by atoms with Gasteiger partial charge in [-0.05, 0) is 56.3 Å². The Hall–Kier alpha value is -3.13. The number of ether oxygens (including phenoxy) is 1. The van der Waals surface area contributed by atoms with Crippen LogP contribution in [-0.4, -0.2) is 40.8 Å². The van der Waals surface area contributed by atoms with E-state index in [2.05, 4.69) is 29.1 Å². The maximum atomic E-state index is 13.1. The summed E-state index contributed by atoms with van der Waals surface area (Å²) in [7, 11) is 1.67. The van der Waals surface area contributed by atoms with E-state index in [-0.39, 0.29) is 5.56 Å². The molecule has 0 atom stereocenters. The van der Waals surface area contributed by atoms with E-state index in [0.29, 0.717) is 44.8 Å². The Morgan fingerprint density at radius 3 is 2.40 bits per heavy atom. The van der Waals surface area contributed by atoms with Crippen LogP contribution in [0.2, 0.25) is 10.0 Å². The normalized spacial score (nSPS) is 11.3. The van der Waals surface area contributed by atoms with E-state index in [1.807, 2.05) is 24.3 Å². The monoisotopic (exact) mass is 512 g/mol. The van der Waals surface area contributed by atoms with Crippen molar-refractivity contribution in [1.82, 2.24) is 14.5 Å². The molecule has 35 heavy (non-hydrogen) atoms. The van der Waals surface area contributed by atoms with E-state index >= 15 is 0 Å². The Morgan fingerprint density at radius 1 is 1.06 bits per heavy atom. The van der Waals surface area contributed by atoms with Crippen LogP contribution >= 0.6 is 23.2 Å². The summed E-state index contributed by atoms with van der Waals surface area (Å²) in [5.41, 5.74) is 1.97. The highest BCUT2D eigenvalue weighted by molar-refractivity contribution is 6.39. The molecule has 0 spiro atoms. The molecule has 0 aliphatic carbocycles. The van der Waals surface area contributed by atoms with Crippen molar-refractivity contribution < 1.29 is 9.64 Å². The van der Waals surface area contributed by atoms with Crippen molar-refractivity contribution in [1.29, 1.82) is 0 Å². The van der Waals surface area contributed by atoms with Crippen LogP contribution < -0.4 is 20.5 Å². The van der Waals surface area contributed by atoms with Gasteiger partial charge < -0.3 is 15.0 Å². The second-order valence-corrected chi connectivity index (χ2v) is 9.01. The van der Waals surface area contributed by atoms with Gasteiger partial charge in [0.25, 0.3) is 5.56 Å². The minimum Gasteiger partial charge on any atom is -0.488 e. The summed E-state index contributed by atoms with van der Waals surface area (Å²) in [6, 6.07) is 14.5. The smallest absolute Gasteiger partial charge is 0.259 e. The second kappa shape index (κ2) is 11.1. The van der Waals surface area contributed by atoms with Gasteiger partial charge in [-0.15, -0.1) is 0 Å². The van der Waals surface area contributed by atoms with Crippen LogP contribution in [0.3, 0.4) is 0 Å². The first-order chi connectivity index (χ1) is 16.9. The van der Waals surface area contributed by atoms with Gasteiger partial charge in [-0.25, -0.2) is 4.98 Å². The van der Waals surface area contributed by atoms with Gasteiger partial charge >= 0.3 is 0 Å². The van der Waals surface area contributed by atoms with Crippen LogP contribution in [0.15, 0.2) is 59.5 Å². The minimum absolute atomic E-state index is 0.245. The summed E-state index contributed by atoms with van der Waals surface area (Å²) in [4.78, 5) is 23.6. The fourth-order valence-electron chi connectivity index (χ4n) is 3.92. The number of nitrogens with zero attached hydrogens (tertiary/aromatic N) is 3. The average molecular weight is 513 g/mol. The molecule has 0 saturated carbocycles. The number of benzene rings is 2. The number of nitrogens with one attached hydrogen (secondary N) is 2. The molecule has 0 aliphatic rings. The standard InChI is InChI=1S/C26H27Cl2N5O2/c1-4-33(5-2)13-14-35-19-11-9-18(10-12-19)30-26-29-16-17-15-20(25(34)32(3)24(17)31-26)23-21(27)7-6-8-22(23)28/h6-12,15-16H,4-5,13-14H2,1-3H3,(H,29,30,31)/p+1. The molecule has 9 heteroatoms. The molecule has 0 aliphatic heterocycles. The molecule has 0 unspecified atom stereocenters. The van der Waals surface area contributed by atoms with Crippen molar-refractivity contribution in [3.63, 3.8) is 0 Å². The molecule has 4 rings (SSSR count). The predicted octanol–water partition coefficient (Wildman–Crippen LogP) is 4.35. The quantitative estimate of drug-likeness (QED) is 0.348. The third-order valence-corrected chi connectivity index (χ3v) is 6.65. The van der Waals surface area contributed by atoms with Gasteiger partial charge in [0.2, 0.25) is 5.95 Å². The number of halogens is 2. The fraction of sp³-hybridized carbons (Fsp3) is 0.269. The van der Waals surface area contributed by atoms with E-state index in [1.54, 1.807) is 37.5 Å². The molecule has 2 heterocycles. The molecule has 2 aromatic carbocycles.